The van der Waals surface area contributed by atoms with E-state index >= 15 is 0 Å². The normalized spacial score (nSPS) is 10.8. The van der Waals surface area contributed by atoms with Crippen LogP contribution in [0, 0.1) is 12.7 Å². The van der Waals surface area contributed by atoms with Gasteiger partial charge in [-0.05, 0) is 54.5 Å². The summed E-state index contributed by atoms with van der Waals surface area (Å²) in [5, 5.41) is 3.35. The van der Waals surface area contributed by atoms with Crippen LogP contribution in [-0.2, 0) is 4.79 Å². The Kier molecular flexibility index (Phi) is 4.53. The van der Waals surface area contributed by atoms with Crippen molar-refractivity contribution in [3.8, 4) is 0 Å². The summed E-state index contributed by atoms with van der Waals surface area (Å²) in [6.07, 6.45) is 3.11. The van der Waals surface area contributed by atoms with Crippen molar-refractivity contribution >= 4 is 29.3 Å². The van der Waals surface area contributed by atoms with Crippen molar-refractivity contribution < 1.29 is 9.18 Å². The highest BCUT2D eigenvalue weighted by atomic mass is 35.5. The molecule has 1 amide bonds. The van der Waals surface area contributed by atoms with E-state index in [0.717, 1.165) is 5.56 Å². The predicted molar refractivity (Wildman–Crippen MR) is 80.3 cm³/mol. The number of anilines is 1. The number of amides is 1. The number of rotatable bonds is 3. The second-order valence-electron chi connectivity index (χ2n) is 4.33. The molecule has 4 heteroatoms. The summed E-state index contributed by atoms with van der Waals surface area (Å²) in [4.78, 5) is 11.8. The lowest BCUT2D eigenvalue weighted by atomic mass is 10.2. The second-order valence-corrected chi connectivity index (χ2v) is 4.77. The Morgan fingerprint density at radius 1 is 1.20 bits per heavy atom. The van der Waals surface area contributed by atoms with Crippen molar-refractivity contribution in [3.05, 3.63) is 70.5 Å². The highest BCUT2D eigenvalue weighted by Gasteiger charge is 2.02. The molecule has 2 rings (SSSR count). The molecule has 2 aromatic rings. The molecule has 0 bridgehead atoms. The Labute approximate surface area is 121 Å². The average molecular weight is 290 g/mol. The molecule has 2 nitrogen and oxygen atoms in total. The third kappa shape index (κ3) is 3.93. The Morgan fingerprint density at radius 2 is 1.90 bits per heavy atom. The highest BCUT2D eigenvalue weighted by molar-refractivity contribution is 6.30. The summed E-state index contributed by atoms with van der Waals surface area (Å²) >= 11 is 5.78. The maximum absolute atomic E-state index is 12.9. The van der Waals surface area contributed by atoms with E-state index in [2.05, 4.69) is 5.32 Å². The van der Waals surface area contributed by atoms with E-state index in [4.69, 9.17) is 11.6 Å². The number of benzene rings is 2. The molecule has 1 N–H and O–H groups in total. The Morgan fingerprint density at radius 3 is 2.55 bits per heavy atom. The van der Waals surface area contributed by atoms with E-state index in [1.54, 1.807) is 31.2 Å². The fourth-order valence-corrected chi connectivity index (χ4v) is 1.81. The van der Waals surface area contributed by atoms with E-state index in [0.29, 0.717) is 16.3 Å². The molecule has 0 aliphatic heterocycles. The molecule has 0 fully saturated rings. The molecule has 0 saturated heterocycles. The molecule has 0 atom stereocenters. The number of halogens is 2. The van der Waals surface area contributed by atoms with Crippen LogP contribution in [0.4, 0.5) is 10.1 Å². The third-order valence-electron chi connectivity index (χ3n) is 2.74. The van der Waals surface area contributed by atoms with Crippen LogP contribution in [-0.4, -0.2) is 5.91 Å². The van der Waals surface area contributed by atoms with Crippen LogP contribution in [0.25, 0.3) is 6.08 Å². The smallest absolute Gasteiger partial charge is 0.248 e. The van der Waals surface area contributed by atoms with Gasteiger partial charge in [0, 0.05) is 16.8 Å². The third-order valence-corrected chi connectivity index (χ3v) is 3.00. The van der Waals surface area contributed by atoms with Gasteiger partial charge in [0.2, 0.25) is 5.91 Å². The number of hydrogen-bond acceptors (Lipinski definition) is 1. The van der Waals surface area contributed by atoms with Crippen LogP contribution in [0.3, 0.4) is 0 Å². The molecule has 0 aliphatic rings. The molecule has 0 aromatic heterocycles. The van der Waals surface area contributed by atoms with Gasteiger partial charge in [0.15, 0.2) is 0 Å². The fourth-order valence-electron chi connectivity index (χ4n) is 1.69. The average Bonchev–Trinajstić information content (AvgIpc) is 2.41. The fraction of sp³-hybridized carbons (Fsp3) is 0.0625. The summed E-state index contributed by atoms with van der Waals surface area (Å²) in [6, 6.07) is 11.4. The number of aryl methyl sites for hydroxylation is 1. The SMILES string of the molecule is Cc1cc(F)ccc1NC(=O)/C=C/c1ccc(Cl)cc1. The number of carbonyl (C=O) groups excluding carboxylic acids is 1. The zero-order valence-corrected chi connectivity index (χ0v) is 11.6. The lowest BCUT2D eigenvalue weighted by Crippen LogP contribution is -2.08. The van der Waals surface area contributed by atoms with Crippen LogP contribution in [0.2, 0.25) is 5.02 Å². The molecule has 2 aromatic carbocycles. The Hall–Kier alpha value is -2.13. The highest BCUT2D eigenvalue weighted by Crippen LogP contribution is 2.16. The maximum atomic E-state index is 12.9. The van der Waals surface area contributed by atoms with Crippen LogP contribution in [0.15, 0.2) is 48.5 Å². The molecule has 0 radical (unpaired) electrons. The minimum Gasteiger partial charge on any atom is -0.322 e. The van der Waals surface area contributed by atoms with E-state index in [-0.39, 0.29) is 11.7 Å². The van der Waals surface area contributed by atoms with Crippen LogP contribution < -0.4 is 5.32 Å². The molecule has 0 spiro atoms. The van der Waals surface area contributed by atoms with Crippen molar-refractivity contribution in [1.29, 1.82) is 0 Å². The van der Waals surface area contributed by atoms with Crippen molar-refractivity contribution in [2.24, 2.45) is 0 Å². The van der Waals surface area contributed by atoms with Crippen molar-refractivity contribution in [2.45, 2.75) is 6.92 Å². The van der Waals surface area contributed by atoms with Gasteiger partial charge in [-0.25, -0.2) is 4.39 Å². The van der Waals surface area contributed by atoms with Crippen LogP contribution >= 0.6 is 11.6 Å². The molecule has 0 saturated carbocycles. The number of nitrogens with one attached hydrogen (secondary N) is 1. The first-order valence-corrected chi connectivity index (χ1v) is 6.43. The van der Waals surface area contributed by atoms with Gasteiger partial charge in [-0.15, -0.1) is 0 Å². The molecule has 0 unspecified atom stereocenters. The number of hydrogen-bond donors (Lipinski definition) is 1. The van der Waals surface area contributed by atoms with E-state index in [9.17, 15) is 9.18 Å². The number of carbonyl (C=O) groups is 1. The van der Waals surface area contributed by atoms with Crippen LogP contribution in [0.1, 0.15) is 11.1 Å². The summed E-state index contributed by atoms with van der Waals surface area (Å²) in [7, 11) is 0. The lowest BCUT2D eigenvalue weighted by molar-refractivity contribution is -0.111. The quantitative estimate of drug-likeness (QED) is 0.832. The Balaban J connectivity index is 2.03. The van der Waals surface area contributed by atoms with Gasteiger partial charge in [-0.3, -0.25) is 4.79 Å². The largest absolute Gasteiger partial charge is 0.322 e. The topological polar surface area (TPSA) is 29.1 Å². The zero-order chi connectivity index (χ0) is 14.5. The summed E-state index contributed by atoms with van der Waals surface area (Å²) < 4.78 is 12.9. The first-order valence-electron chi connectivity index (χ1n) is 6.05. The van der Waals surface area contributed by atoms with E-state index in [1.165, 1.54) is 18.2 Å². The van der Waals surface area contributed by atoms with Gasteiger partial charge in [-0.2, -0.15) is 0 Å². The van der Waals surface area contributed by atoms with Crippen LogP contribution in [0.5, 0.6) is 0 Å². The molecular weight excluding hydrogens is 277 g/mol. The van der Waals surface area contributed by atoms with E-state index < -0.39 is 0 Å². The minimum atomic E-state index is -0.322. The maximum Gasteiger partial charge on any atom is 0.248 e. The van der Waals surface area contributed by atoms with Gasteiger partial charge in [-0.1, -0.05) is 23.7 Å². The van der Waals surface area contributed by atoms with Gasteiger partial charge in [0.1, 0.15) is 5.82 Å². The predicted octanol–water partition coefficient (Wildman–Crippen LogP) is 4.44. The minimum absolute atomic E-state index is 0.269. The molecule has 0 aliphatic carbocycles. The first kappa shape index (κ1) is 14.3. The summed E-state index contributed by atoms with van der Waals surface area (Å²) in [5.41, 5.74) is 2.15. The summed E-state index contributed by atoms with van der Waals surface area (Å²) in [5.74, 6) is -0.591. The second kappa shape index (κ2) is 6.35. The monoisotopic (exact) mass is 289 g/mol. The summed E-state index contributed by atoms with van der Waals surface area (Å²) in [6.45, 7) is 1.74. The Bertz CT molecular complexity index is 650. The van der Waals surface area contributed by atoms with Crippen molar-refractivity contribution in [1.82, 2.24) is 0 Å². The van der Waals surface area contributed by atoms with Gasteiger partial charge in [0.25, 0.3) is 0 Å². The van der Waals surface area contributed by atoms with Gasteiger partial charge >= 0.3 is 0 Å². The van der Waals surface area contributed by atoms with Crippen molar-refractivity contribution in [2.75, 3.05) is 5.32 Å². The molecular formula is C16H13ClFNO. The molecule has 102 valence electrons. The van der Waals surface area contributed by atoms with Gasteiger partial charge in [0.05, 0.1) is 0 Å². The first-order chi connectivity index (χ1) is 9.54. The molecule has 0 heterocycles. The van der Waals surface area contributed by atoms with Gasteiger partial charge < -0.3 is 5.32 Å². The zero-order valence-electron chi connectivity index (χ0n) is 10.9. The molecule has 20 heavy (non-hydrogen) atoms. The standard InChI is InChI=1S/C16H13ClFNO/c1-11-10-14(18)7-8-15(11)19-16(20)9-4-12-2-5-13(17)6-3-12/h2-10H,1H3,(H,19,20)/b9-4+. The lowest BCUT2D eigenvalue weighted by Gasteiger charge is -2.05. The van der Waals surface area contributed by atoms with E-state index in [1.807, 2.05) is 12.1 Å². The van der Waals surface area contributed by atoms with Crippen molar-refractivity contribution in [3.63, 3.8) is 0 Å².